The third kappa shape index (κ3) is 12.3. The molecule has 0 heterocycles. The number of carbonyl (C=O) groups is 2. The Kier molecular flexibility index (Phi) is 15.6. The molecule has 0 aliphatic rings. The van der Waals surface area contributed by atoms with Crippen LogP contribution in [0.5, 0.6) is 5.75 Å². The Morgan fingerprint density at radius 1 is 0.517 bits per heavy atom. The van der Waals surface area contributed by atoms with E-state index >= 15 is 0 Å². The minimum Gasteiger partial charge on any atom is -0.497 e. The first-order valence-corrected chi connectivity index (χ1v) is 22.3. The fraction of sp³-hybridized carbons (Fsp3) is 0.191. The Labute approximate surface area is 351 Å². The Morgan fingerprint density at radius 3 is 1.42 bits per heavy atom. The third-order valence-corrected chi connectivity index (χ3v) is 12.5. The van der Waals surface area contributed by atoms with Crippen LogP contribution in [0.2, 0.25) is 0 Å². The molecule has 0 bridgehead atoms. The fourth-order valence-electron chi connectivity index (χ4n) is 6.50. The summed E-state index contributed by atoms with van der Waals surface area (Å²) in [6, 6.07) is 41.2. The Hall–Kier alpha value is -6.44. The number of nitrogens with one attached hydrogen (secondary N) is 2. The number of anilines is 2. The number of carboxylic acids is 2. The van der Waals surface area contributed by atoms with E-state index in [9.17, 15) is 36.6 Å². The predicted molar refractivity (Wildman–Crippen MR) is 234 cm³/mol. The van der Waals surface area contributed by atoms with Gasteiger partial charge < -0.3 is 14.9 Å². The maximum absolute atomic E-state index is 12.9. The molecule has 0 saturated heterocycles. The molecule has 0 spiro atoms. The third-order valence-electron chi connectivity index (χ3n) is 9.75. The van der Waals surface area contributed by atoms with Crippen LogP contribution in [0.3, 0.4) is 0 Å². The second-order valence-corrected chi connectivity index (χ2v) is 17.2. The molecule has 0 atom stereocenters. The highest BCUT2D eigenvalue weighted by Crippen LogP contribution is 2.26. The minimum absolute atomic E-state index is 0.0999. The lowest BCUT2D eigenvalue weighted by Gasteiger charge is -2.14. The summed E-state index contributed by atoms with van der Waals surface area (Å²) in [6.45, 7) is 2.13. The zero-order valence-electron chi connectivity index (χ0n) is 33.4. The number of aryl methyl sites for hydroxylation is 5. The Balaban J connectivity index is 0.000000228. The molecule has 0 saturated carbocycles. The number of para-hydroxylation sites is 2. The zero-order valence-corrected chi connectivity index (χ0v) is 35.0. The molecule has 6 aromatic rings. The van der Waals surface area contributed by atoms with Crippen LogP contribution in [-0.2, 0) is 52.2 Å². The number of unbranched alkanes of at least 4 members (excludes halogenated alkanes) is 1. The smallest absolute Gasteiger partial charge is 0.335 e. The summed E-state index contributed by atoms with van der Waals surface area (Å²) in [7, 11) is -6.04. The summed E-state index contributed by atoms with van der Waals surface area (Å²) < 4.78 is 61.8. The number of ether oxygens (including phenoxy) is 1. The molecule has 6 rings (SSSR count). The van der Waals surface area contributed by atoms with Crippen molar-refractivity contribution in [2.75, 3.05) is 16.6 Å². The molecule has 13 heteroatoms. The quantitative estimate of drug-likeness (QED) is 0.0657. The highest BCUT2D eigenvalue weighted by molar-refractivity contribution is 7.93. The van der Waals surface area contributed by atoms with Gasteiger partial charge in [0, 0.05) is 6.07 Å². The van der Waals surface area contributed by atoms with E-state index in [0.717, 1.165) is 41.5 Å². The summed E-state index contributed by atoms with van der Waals surface area (Å²) in [5.74, 6) is -1.49. The van der Waals surface area contributed by atoms with Gasteiger partial charge in [0.2, 0.25) is 0 Å². The molecule has 0 aromatic heterocycles. The average molecular weight is 849 g/mol. The van der Waals surface area contributed by atoms with Gasteiger partial charge in [-0.3, -0.25) is 9.44 Å². The molecular formula is C47H48N2O9S2. The summed E-state index contributed by atoms with van der Waals surface area (Å²) in [4.78, 5) is 23.2. The number of rotatable bonds is 18. The first-order valence-electron chi connectivity index (χ1n) is 19.4. The van der Waals surface area contributed by atoms with E-state index < -0.39 is 32.0 Å². The van der Waals surface area contributed by atoms with Crippen LogP contribution in [0, 0.1) is 0 Å². The molecule has 312 valence electrons. The molecule has 11 nitrogen and oxygen atoms in total. The molecule has 4 N–H and O–H groups in total. The first kappa shape index (κ1) is 44.7. The van der Waals surface area contributed by atoms with Crippen molar-refractivity contribution in [3.05, 3.63) is 185 Å². The molecule has 0 radical (unpaired) electrons. The van der Waals surface area contributed by atoms with Gasteiger partial charge in [0.05, 0.1) is 39.4 Å². The number of sulfonamides is 2. The van der Waals surface area contributed by atoms with Crippen LogP contribution >= 0.6 is 0 Å². The van der Waals surface area contributed by atoms with Crippen molar-refractivity contribution in [2.45, 2.75) is 61.7 Å². The number of carboxylic acid groups (broad SMARTS) is 2. The lowest BCUT2D eigenvalue weighted by atomic mass is 9.99. The molecule has 6 aromatic carbocycles. The molecule has 0 aliphatic heterocycles. The van der Waals surface area contributed by atoms with Gasteiger partial charge in [-0.1, -0.05) is 104 Å². The second kappa shape index (κ2) is 21.0. The predicted octanol–water partition coefficient (Wildman–Crippen LogP) is 9.29. The Bertz CT molecular complexity index is 2630. The molecular weight excluding hydrogens is 801 g/mol. The first-order chi connectivity index (χ1) is 28.8. The van der Waals surface area contributed by atoms with E-state index in [4.69, 9.17) is 4.74 Å². The van der Waals surface area contributed by atoms with Crippen molar-refractivity contribution in [2.24, 2.45) is 0 Å². The number of hydrogen-bond donors (Lipinski definition) is 4. The summed E-state index contributed by atoms with van der Waals surface area (Å²) in [5, 5.41) is 18.7. The van der Waals surface area contributed by atoms with E-state index in [1.807, 2.05) is 36.4 Å². The number of methoxy groups -OCH3 is 1. The van der Waals surface area contributed by atoms with Crippen LogP contribution in [-0.4, -0.2) is 46.1 Å². The average Bonchev–Trinajstić information content (AvgIpc) is 3.25. The van der Waals surface area contributed by atoms with Crippen LogP contribution in [0.25, 0.3) is 0 Å². The van der Waals surface area contributed by atoms with Gasteiger partial charge in [0.25, 0.3) is 20.0 Å². The molecule has 60 heavy (non-hydrogen) atoms. The van der Waals surface area contributed by atoms with Crippen molar-refractivity contribution in [1.29, 1.82) is 0 Å². The molecule has 0 unspecified atom stereocenters. The number of benzene rings is 6. The SMILES string of the molecule is CCCCc1ccc(S(=O)(=O)Nc2ccccc2CCc2ccccc2C(=O)O)cc1.COc1cccc(S(=O)(=O)Nc2ccccc2CCc2ccccc2C(=O)O)c1. The van der Waals surface area contributed by atoms with Gasteiger partial charge >= 0.3 is 11.9 Å². The van der Waals surface area contributed by atoms with Crippen molar-refractivity contribution in [1.82, 2.24) is 0 Å². The van der Waals surface area contributed by atoms with Crippen molar-refractivity contribution >= 4 is 43.4 Å². The van der Waals surface area contributed by atoms with Crippen molar-refractivity contribution in [3.63, 3.8) is 0 Å². The number of aromatic carboxylic acids is 2. The second-order valence-electron chi connectivity index (χ2n) is 13.9. The topological polar surface area (TPSA) is 176 Å². The normalized spacial score (nSPS) is 11.2. The number of hydrogen-bond acceptors (Lipinski definition) is 7. The summed E-state index contributed by atoms with van der Waals surface area (Å²) >= 11 is 0. The summed E-state index contributed by atoms with van der Waals surface area (Å²) in [6.07, 6.45) is 5.07. The van der Waals surface area contributed by atoms with Crippen molar-refractivity contribution in [3.8, 4) is 5.75 Å². The monoisotopic (exact) mass is 848 g/mol. The van der Waals surface area contributed by atoms with Gasteiger partial charge in [-0.25, -0.2) is 26.4 Å². The molecule has 0 amide bonds. The molecule has 0 fully saturated rings. The zero-order chi connectivity index (χ0) is 43.1. The van der Waals surface area contributed by atoms with Crippen LogP contribution in [0.1, 0.15) is 68.3 Å². The highest BCUT2D eigenvalue weighted by atomic mass is 32.2. The maximum Gasteiger partial charge on any atom is 0.335 e. The Morgan fingerprint density at radius 2 is 0.950 bits per heavy atom. The van der Waals surface area contributed by atoms with E-state index in [1.54, 1.807) is 97.1 Å². The van der Waals surface area contributed by atoms with Crippen LogP contribution in [0.15, 0.2) is 155 Å². The van der Waals surface area contributed by atoms with Crippen LogP contribution in [0.4, 0.5) is 11.4 Å². The van der Waals surface area contributed by atoms with Crippen LogP contribution < -0.4 is 14.2 Å². The van der Waals surface area contributed by atoms with Gasteiger partial charge in [-0.15, -0.1) is 0 Å². The van der Waals surface area contributed by atoms with E-state index in [1.165, 1.54) is 19.2 Å². The lowest BCUT2D eigenvalue weighted by molar-refractivity contribution is 0.0684. The molecule has 0 aliphatic carbocycles. The standard InChI is InChI=1S/C25H27NO4S.C22H21NO5S/c1-2-3-8-19-13-17-22(18-14-19)31(29,30)26-24-12-7-5-10-21(24)16-15-20-9-4-6-11-23(20)25(27)28;1-28-18-9-6-10-19(15-18)29(26,27)23-21-12-5-3-8-17(21)14-13-16-7-2-4-11-20(16)22(24)25/h4-7,9-14,17-18,26H,2-3,8,15-16H2,1H3,(H,27,28);2-12,15,23H,13-14H2,1H3,(H,24,25). The van der Waals surface area contributed by atoms with E-state index in [2.05, 4.69) is 16.4 Å². The van der Waals surface area contributed by atoms with E-state index in [0.29, 0.717) is 48.4 Å². The fourth-order valence-corrected chi connectivity index (χ4v) is 8.74. The van der Waals surface area contributed by atoms with Gasteiger partial charge in [0.15, 0.2) is 0 Å². The van der Waals surface area contributed by atoms with Gasteiger partial charge in [0.1, 0.15) is 5.75 Å². The minimum atomic E-state index is -3.80. The summed E-state index contributed by atoms with van der Waals surface area (Å²) in [5.41, 5.74) is 5.61. The van der Waals surface area contributed by atoms with Crippen molar-refractivity contribution < 1.29 is 41.4 Å². The largest absolute Gasteiger partial charge is 0.497 e. The maximum atomic E-state index is 12.9. The van der Waals surface area contributed by atoms with E-state index in [-0.39, 0.29) is 20.9 Å². The lowest BCUT2D eigenvalue weighted by Crippen LogP contribution is -2.14. The highest BCUT2D eigenvalue weighted by Gasteiger charge is 2.19. The van der Waals surface area contributed by atoms with Gasteiger partial charge in [-0.05, 0) is 115 Å². The van der Waals surface area contributed by atoms with Gasteiger partial charge in [-0.2, -0.15) is 0 Å².